The van der Waals surface area contributed by atoms with Gasteiger partial charge in [-0.2, -0.15) is 0 Å². The van der Waals surface area contributed by atoms with E-state index in [0.29, 0.717) is 11.7 Å². The van der Waals surface area contributed by atoms with Crippen LogP contribution in [0.15, 0.2) is 35.7 Å². The number of carbonyl (C=O) groups is 2. The van der Waals surface area contributed by atoms with E-state index >= 15 is 0 Å². The van der Waals surface area contributed by atoms with Crippen LogP contribution < -0.4 is 10.6 Å². The van der Waals surface area contributed by atoms with Crippen molar-refractivity contribution in [2.75, 3.05) is 26.0 Å². The number of nitrogens with one attached hydrogen (secondary N) is 2. The van der Waals surface area contributed by atoms with Crippen molar-refractivity contribution in [3.8, 4) is 0 Å². The largest absolute Gasteiger partial charge is 0.349 e. The maximum absolute atomic E-state index is 11.8. The second kappa shape index (κ2) is 8.28. The van der Waals surface area contributed by atoms with Gasteiger partial charge in [-0.05, 0) is 5.56 Å². The number of carbonyl (C=O) groups excluding carboxylic acids is 2. The molecular weight excluding hydrogens is 312 g/mol. The number of nitrogens with zero attached hydrogens (tertiary/aromatic N) is 2. The van der Waals surface area contributed by atoms with Crippen LogP contribution in [0, 0.1) is 0 Å². The third-order valence-corrected chi connectivity index (χ3v) is 3.93. The van der Waals surface area contributed by atoms with E-state index in [2.05, 4.69) is 15.6 Å². The van der Waals surface area contributed by atoms with Gasteiger partial charge in [-0.25, -0.2) is 9.78 Å². The number of rotatable bonds is 6. The molecule has 2 N–H and O–H groups in total. The van der Waals surface area contributed by atoms with Crippen LogP contribution in [0.4, 0.5) is 9.93 Å². The summed E-state index contributed by atoms with van der Waals surface area (Å²) in [5.74, 6) is -0.0234. The van der Waals surface area contributed by atoms with E-state index in [-0.39, 0.29) is 18.4 Å². The zero-order chi connectivity index (χ0) is 16.7. The number of amides is 3. The van der Waals surface area contributed by atoms with Crippen molar-refractivity contribution in [2.24, 2.45) is 0 Å². The monoisotopic (exact) mass is 332 g/mol. The van der Waals surface area contributed by atoms with E-state index in [4.69, 9.17) is 0 Å². The molecule has 6 nitrogen and oxygen atoms in total. The van der Waals surface area contributed by atoms with Crippen LogP contribution in [0.25, 0.3) is 0 Å². The normalized spacial score (nSPS) is 10.2. The first-order valence-electron chi connectivity index (χ1n) is 7.28. The first-order chi connectivity index (χ1) is 11.0. The Morgan fingerprint density at radius 2 is 1.96 bits per heavy atom. The SMILES string of the molecule is CN(C)C(=O)CCNC(=O)Nc1nc(Cc2ccccc2)cs1. The Morgan fingerprint density at radius 3 is 2.65 bits per heavy atom. The van der Waals surface area contributed by atoms with Crippen LogP contribution in [0.5, 0.6) is 0 Å². The Hall–Kier alpha value is -2.41. The minimum Gasteiger partial charge on any atom is -0.349 e. The first kappa shape index (κ1) is 17.0. The molecule has 0 unspecified atom stereocenters. The van der Waals surface area contributed by atoms with Gasteiger partial charge in [0, 0.05) is 38.9 Å². The number of hydrogen-bond donors (Lipinski definition) is 2. The van der Waals surface area contributed by atoms with Crippen molar-refractivity contribution in [1.82, 2.24) is 15.2 Å². The summed E-state index contributed by atoms with van der Waals surface area (Å²) < 4.78 is 0. The molecule has 7 heteroatoms. The zero-order valence-corrected chi connectivity index (χ0v) is 14.0. The lowest BCUT2D eigenvalue weighted by molar-refractivity contribution is -0.128. The van der Waals surface area contributed by atoms with Gasteiger partial charge in [-0.1, -0.05) is 30.3 Å². The minimum atomic E-state index is -0.350. The second-order valence-corrected chi connectivity index (χ2v) is 6.08. The molecule has 23 heavy (non-hydrogen) atoms. The molecular formula is C16H20N4O2S. The molecule has 0 spiro atoms. The van der Waals surface area contributed by atoms with Crippen molar-refractivity contribution in [3.63, 3.8) is 0 Å². The molecule has 1 heterocycles. The lowest BCUT2D eigenvalue weighted by atomic mass is 10.1. The van der Waals surface area contributed by atoms with Crippen LogP contribution in [0.3, 0.4) is 0 Å². The van der Waals surface area contributed by atoms with E-state index in [9.17, 15) is 9.59 Å². The highest BCUT2D eigenvalue weighted by molar-refractivity contribution is 7.13. The average molecular weight is 332 g/mol. The van der Waals surface area contributed by atoms with E-state index in [1.165, 1.54) is 21.8 Å². The van der Waals surface area contributed by atoms with E-state index in [1.54, 1.807) is 14.1 Å². The number of aromatic nitrogens is 1. The van der Waals surface area contributed by atoms with Gasteiger partial charge in [0.05, 0.1) is 5.69 Å². The molecule has 0 aliphatic rings. The lowest BCUT2D eigenvalue weighted by Gasteiger charge is -2.10. The highest BCUT2D eigenvalue weighted by Gasteiger charge is 2.08. The maximum Gasteiger partial charge on any atom is 0.321 e. The third kappa shape index (κ3) is 5.71. The summed E-state index contributed by atoms with van der Waals surface area (Å²) in [6, 6.07) is 9.69. The minimum absolute atomic E-state index is 0.0234. The van der Waals surface area contributed by atoms with Crippen LogP contribution >= 0.6 is 11.3 Å². The Labute approximate surface area is 139 Å². The Bertz CT molecular complexity index is 655. The quantitative estimate of drug-likeness (QED) is 0.852. The van der Waals surface area contributed by atoms with E-state index in [1.807, 2.05) is 35.7 Å². The smallest absolute Gasteiger partial charge is 0.321 e. The number of thiazole rings is 1. The van der Waals surface area contributed by atoms with Crippen molar-refractivity contribution in [3.05, 3.63) is 47.0 Å². The van der Waals surface area contributed by atoms with Gasteiger partial charge in [-0.15, -0.1) is 11.3 Å². The van der Waals surface area contributed by atoms with Crippen molar-refractivity contribution in [1.29, 1.82) is 0 Å². The molecule has 0 radical (unpaired) electrons. The van der Waals surface area contributed by atoms with E-state index < -0.39 is 0 Å². The Morgan fingerprint density at radius 1 is 1.22 bits per heavy atom. The summed E-state index contributed by atoms with van der Waals surface area (Å²) in [6.07, 6.45) is 1.01. The molecule has 0 aliphatic heterocycles. The molecule has 0 fully saturated rings. The molecule has 122 valence electrons. The standard InChI is InChI=1S/C16H20N4O2S/c1-20(2)14(21)8-9-17-15(22)19-16-18-13(11-23-16)10-12-6-4-3-5-7-12/h3-7,11H,8-10H2,1-2H3,(H2,17,18,19,22). The Balaban J connectivity index is 1.77. The highest BCUT2D eigenvalue weighted by atomic mass is 32.1. The predicted octanol–water partition coefficient (Wildman–Crippen LogP) is 2.33. The van der Waals surface area contributed by atoms with Gasteiger partial charge < -0.3 is 10.2 Å². The summed E-state index contributed by atoms with van der Waals surface area (Å²) in [7, 11) is 3.37. The average Bonchev–Trinajstić information content (AvgIpc) is 2.95. The highest BCUT2D eigenvalue weighted by Crippen LogP contribution is 2.17. The first-order valence-corrected chi connectivity index (χ1v) is 8.16. The van der Waals surface area contributed by atoms with Gasteiger partial charge in [-0.3, -0.25) is 10.1 Å². The fraction of sp³-hybridized carbons (Fsp3) is 0.312. The molecule has 0 saturated heterocycles. The summed E-state index contributed by atoms with van der Waals surface area (Å²) in [5, 5.41) is 7.81. The maximum atomic E-state index is 11.8. The topological polar surface area (TPSA) is 74.3 Å². The van der Waals surface area contributed by atoms with Crippen LogP contribution in [0.2, 0.25) is 0 Å². The van der Waals surface area contributed by atoms with Crippen molar-refractivity contribution >= 4 is 28.4 Å². The predicted molar refractivity (Wildman–Crippen MR) is 91.7 cm³/mol. The molecule has 2 rings (SSSR count). The zero-order valence-electron chi connectivity index (χ0n) is 13.2. The lowest BCUT2D eigenvalue weighted by Crippen LogP contribution is -2.33. The van der Waals surface area contributed by atoms with Gasteiger partial charge in [0.25, 0.3) is 0 Å². The number of benzene rings is 1. The van der Waals surface area contributed by atoms with Crippen molar-refractivity contribution in [2.45, 2.75) is 12.8 Å². The van der Waals surface area contributed by atoms with Gasteiger partial charge in [0.1, 0.15) is 0 Å². The van der Waals surface area contributed by atoms with E-state index in [0.717, 1.165) is 12.1 Å². The van der Waals surface area contributed by atoms with Gasteiger partial charge >= 0.3 is 6.03 Å². The van der Waals surface area contributed by atoms with Gasteiger partial charge in [0.15, 0.2) is 5.13 Å². The molecule has 0 atom stereocenters. The molecule has 1 aromatic heterocycles. The summed E-state index contributed by atoms with van der Waals surface area (Å²) in [4.78, 5) is 29.0. The number of hydrogen-bond acceptors (Lipinski definition) is 4. The molecule has 1 aromatic carbocycles. The van der Waals surface area contributed by atoms with Crippen LogP contribution in [0.1, 0.15) is 17.7 Å². The molecule has 0 bridgehead atoms. The third-order valence-electron chi connectivity index (χ3n) is 3.12. The molecule has 2 aromatic rings. The summed E-state index contributed by atoms with van der Waals surface area (Å²) in [6.45, 7) is 0.297. The van der Waals surface area contributed by atoms with Crippen LogP contribution in [-0.4, -0.2) is 42.5 Å². The molecule has 3 amide bonds. The van der Waals surface area contributed by atoms with Crippen molar-refractivity contribution < 1.29 is 9.59 Å². The molecule has 0 saturated carbocycles. The molecule has 0 aliphatic carbocycles. The summed E-state index contributed by atoms with van der Waals surface area (Å²) in [5.41, 5.74) is 2.09. The number of urea groups is 1. The fourth-order valence-electron chi connectivity index (χ4n) is 1.90. The summed E-state index contributed by atoms with van der Waals surface area (Å²) >= 11 is 1.38. The number of anilines is 1. The Kier molecular flexibility index (Phi) is 6.10. The van der Waals surface area contributed by atoms with Crippen LogP contribution in [-0.2, 0) is 11.2 Å². The fourth-order valence-corrected chi connectivity index (χ4v) is 2.60. The second-order valence-electron chi connectivity index (χ2n) is 5.23. The van der Waals surface area contributed by atoms with Gasteiger partial charge in [0.2, 0.25) is 5.91 Å².